The number of carboxylic acids is 1. The summed E-state index contributed by atoms with van der Waals surface area (Å²) < 4.78 is 5.22. The molecule has 0 aliphatic heterocycles. The highest BCUT2D eigenvalue weighted by atomic mass is 35.5. The van der Waals surface area contributed by atoms with E-state index in [0.717, 1.165) is 5.56 Å². The topological polar surface area (TPSA) is 75.6 Å². The third-order valence-electron chi connectivity index (χ3n) is 3.21. The number of halogens is 1. The Balaban J connectivity index is 2.06. The number of rotatable bonds is 5. The molecule has 2 aromatic carbocycles. The summed E-state index contributed by atoms with van der Waals surface area (Å²) in [6.07, 6.45) is -0.952. The maximum absolute atomic E-state index is 12.2. The minimum Gasteiger partial charge on any atom is -0.479 e. The number of ether oxygens (including phenoxy) is 1. The maximum Gasteiger partial charge on any atom is 0.344 e. The molecule has 0 aliphatic rings. The standard InChI is InChI=1S/C17H16ClNO4/c1-10-9-13(18)5-8-15(10)19-16(20)12-3-6-14(7-4-12)23-11(2)17(21)22/h3-9,11H,1-2H3,(H,19,20)(H,21,22). The lowest BCUT2D eigenvalue weighted by molar-refractivity contribution is -0.144. The van der Waals surface area contributed by atoms with Gasteiger partial charge < -0.3 is 15.2 Å². The molecule has 6 heteroatoms. The summed E-state index contributed by atoms with van der Waals surface area (Å²) in [5, 5.41) is 12.2. The zero-order valence-electron chi connectivity index (χ0n) is 12.7. The molecule has 0 saturated heterocycles. The van der Waals surface area contributed by atoms with Crippen LogP contribution in [0.4, 0.5) is 5.69 Å². The van der Waals surface area contributed by atoms with Crippen LogP contribution in [0, 0.1) is 6.92 Å². The van der Waals surface area contributed by atoms with Crippen molar-refractivity contribution in [1.29, 1.82) is 0 Å². The second-order valence-electron chi connectivity index (χ2n) is 5.04. The van der Waals surface area contributed by atoms with E-state index < -0.39 is 12.1 Å². The zero-order chi connectivity index (χ0) is 17.0. The molecule has 1 atom stereocenters. The van der Waals surface area contributed by atoms with Crippen LogP contribution in [0.25, 0.3) is 0 Å². The van der Waals surface area contributed by atoms with Crippen LogP contribution in [-0.2, 0) is 4.79 Å². The number of hydrogen-bond donors (Lipinski definition) is 2. The van der Waals surface area contributed by atoms with Gasteiger partial charge in [0, 0.05) is 16.3 Å². The third-order valence-corrected chi connectivity index (χ3v) is 3.45. The van der Waals surface area contributed by atoms with E-state index in [-0.39, 0.29) is 5.91 Å². The number of carbonyl (C=O) groups excluding carboxylic acids is 1. The van der Waals surface area contributed by atoms with E-state index in [1.165, 1.54) is 6.92 Å². The first-order valence-corrected chi connectivity index (χ1v) is 7.31. The fourth-order valence-corrected chi connectivity index (χ4v) is 2.13. The van der Waals surface area contributed by atoms with E-state index in [0.29, 0.717) is 22.0 Å². The molecular weight excluding hydrogens is 318 g/mol. The van der Waals surface area contributed by atoms with E-state index >= 15 is 0 Å². The quantitative estimate of drug-likeness (QED) is 0.873. The Morgan fingerprint density at radius 3 is 2.39 bits per heavy atom. The summed E-state index contributed by atoms with van der Waals surface area (Å²) >= 11 is 5.88. The van der Waals surface area contributed by atoms with E-state index in [1.54, 1.807) is 42.5 Å². The summed E-state index contributed by atoms with van der Waals surface area (Å²) in [6.45, 7) is 3.29. The van der Waals surface area contributed by atoms with Gasteiger partial charge >= 0.3 is 5.97 Å². The highest BCUT2D eigenvalue weighted by Crippen LogP contribution is 2.21. The predicted molar refractivity (Wildman–Crippen MR) is 88.3 cm³/mol. The molecule has 2 rings (SSSR count). The van der Waals surface area contributed by atoms with E-state index in [2.05, 4.69) is 5.32 Å². The van der Waals surface area contributed by atoms with Crippen molar-refractivity contribution in [3.8, 4) is 5.75 Å². The molecule has 2 aromatic rings. The van der Waals surface area contributed by atoms with E-state index in [9.17, 15) is 9.59 Å². The van der Waals surface area contributed by atoms with Crippen LogP contribution in [0.15, 0.2) is 42.5 Å². The van der Waals surface area contributed by atoms with Crippen molar-refractivity contribution in [2.45, 2.75) is 20.0 Å². The Labute approximate surface area is 138 Å². The molecule has 0 spiro atoms. The van der Waals surface area contributed by atoms with Crippen LogP contribution in [-0.4, -0.2) is 23.1 Å². The van der Waals surface area contributed by atoms with Gasteiger partial charge in [-0.25, -0.2) is 4.79 Å². The smallest absolute Gasteiger partial charge is 0.344 e. The van der Waals surface area contributed by atoms with Gasteiger partial charge in [-0.3, -0.25) is 4.79 Å². The second kappa shape index (κ2) is 7.15. The first kappa shape index (κ1) is 16.8. The average molecular weight is 334 g/mol. The van der Waals surface area contributed by atoms with Gasteiger partial charge in [0.1, 0.15) is 5.75 Å². The highest BCUT2D eigenvalue weighted by molar-refractivity contribution is 6.30. The number of carboxylic acid groups (broad SMARTS) is 1. The summed E-state index contributed by atoms with van der Waals surface area (Å²) in [7, 11) is 0. The SMILES string of the molecule is Cc1cc(Cl)ccc1NC(=O)c1ccc(OC(C)C(=O)O)cc1. The van der Waals surface area contributed by atoms with Gasteiger partial charge in [0.05, 0.1) is 0 Å². The average Bonchev–Trinajstić information content (AvgIpc) is 2.50. The Bertz CT molecular complexity index is 728. The predicted octanol–water partition coefficient (Wildman–Crippen LogP) is 3.75. The number of benzene rings is 2. The molecule has 0 fully saturated rings. The lowest BCUT2D eigenvalue weighted by Crippen LogP contribution is -2.22. The lowest BCUT2D eigenvalue weighted by atomic mass is 10.1. The van der Waals surface area contributed by atoms with Crippen molar-refractivity contribution in [2.24, 2.45) is 0 Å². The first-order chi connectivity index (χ1) is 10.9. The van der Waals surface area contributed by atoms with Crippen molar-refractivity contribution in [3.05, 3.63) is 58.6 Å². The molecule has 23 heavy (non-hydrogen) atoms. The van der Waals surface area contributed by atoms with Gasteiger partial charge in [0.15, 0.2) is 6.10 Å². The van der Waals surface area contributed by atoms with Crippen molar-refractivity contribution >= 4 is 29.2 Å². The molecule has 0 radical (unpaired) electrons. The fraction of sp³-hybridized carbons (Fsp3) is 0.176. The molecule has 0 saturated carbocycles. The number of anilines is 1. The van der Waals surface area contributed by atoms with Gasteiger partial charge in [0.25, 0.3) is 5.91 Å². The van der Waals surface area contributed by atoms with Crippen molar-refractivity contribution in [1.82, 2.24) is 0 Å². The molecule has 0 bridgehead atoms. The summed E-state index contributed by atoms with van der Waals surface area (Å²) in [5.74, 6) is -0.933. The Morgan fingerprint density at radius 2 is 1.83 bits per heavy atom. The Morgan fingerprint density at radius 1 is 1.17 bits per heavy atom. The third kappa shape index (κ3) is 4.47. The fourth-order valence-electron chi connectivity index (χ4n) is 1.90. The largest absolute Gasteiger partial charge is 0.479 e. The molecular formula is C17H16ClNO4. The molecule has 0 heterocycles. The van der Waals surface area contributed by atoms with Crippen molar-refractivity contribution in [2.75, 3.05) is 5.32 Å². The van der Waals surface area contributed by atoms with Gasteiger partial charge in [-0.15, -0.1) is 0 Å². The van der Waals surface area contributed by atoms with E-state index in [1.807, 2.05) is 6.92 Å². The van der Waals surface area contributed by atoms with Crippen LogP contribution < -0.4 is 10.1 Å². The zero-order valence-corrected chi connectivity index (χ0v) is 13.4. The molecule has 120 valence electrons. The van der Waals surface area contributed by atoms with Crippen LogP contribution in [0.2, 0.25) is 5.02 Å². The molecule has 1 unspecified atom stereocenters. The lowest BCUT2D eigenvalue weighted by Gasteiger charge is -2.11. The van der Waals surface area contributed by atoms with Crippen LogP contribution in [0.5, 0.6) is 5.75 Å². The maximum atomic E-state index is 12.2. The summed E-state index contributed by atoms with van der Waals surface area (Å²) in [6, 6.07) is 11.5. The minimum absolute atomic E-state index is 0.270. The monoisotopic (exact) mass is 333 g/mol. The van der Waals surface area contributed by atoms with Gasteiger partial charge in [-0.05, 0) is 61.9 Å². The molecule has 2 N–H and O–H groups in total. The number of amides is 1. The molecule has 1 amide bonds. The van der Waals surface area contributed by atoms with Gasteiger partial charge in [-0.2, -0.15) is 0 Å². The molecule has 0 aliphatic carbocycles. The number of aliphatic carboxylic acids is 1. The number of carbonyl (C=O) groups is 2. The Kier molecular flexibility index (Phi) is 5.24. The molecule has 5 nitrogen and oxygen atoms in total. The summed E-state index contributed by atoms with van der Waals surface area (Å²) in [5.41, 5.74) is 1.98. The minimum atomic E-state index is -1.05. The van der Waals surface area contributed by atoms with Crippen LogP contribution in [0.1, 0.15) is 22.8 Å². The molecule has 0 aromatic heterocycles. The summed E-state index contributed by atoms with van der Waals surface area (Å²) in [4.78, 5) is 23.0. The Hall–Kier alpha value is -2.53. The number of nitrogens with one attached hydrogen (secondary N) is 1. The second-order valence-corrected chi connectivity index (χ2v) is 5.47. The van der Waals surface area contributed by atoms with Gasteiger partial charge in [-0.1, -0.05) is 11.6 Å². The van der Waals surface area contributed by atoms with Crippen molar-refractivity contribution < 1.29 is 19.4 Å². The van der Waals surface area contributed by atoms with Crippen molar-refractivity contribution in [3.63, 3.8) is 0 Å². The van der Waals surface area contributed by atoms with Crippen LogP contribution in [0.3, 0.4) is 0 Å². The van der Waals surface area contributed by atoms with Crippen LogP contribution >= 0.6 is 11.6 Å². The van der Waals surface area contributed by atoms with E-state index in [4.69, 9.17) is 21.4 Å². The first-order valence-electron chi connectivity index (χ1n) is 6.94. The number of aryl methyl sites for hydroxylation is 1. The number of hydrogen-bond acceptors (Lipinski definition) is 3. The normalized spacial score (nSPS) is 11.6. The van der Waals surface area contributed by atoms with Gasteiger partial charge in [0.2, 0.25) is 0 Å². The highest BCUT2D eigenvalue weighted by Gasteiger charge is 2.13.